The van der Waals surface area contributed by atoms with Gasteiger partial charge in [0.1, 0.15) is 5.82 Å². The maximum absolute atomic E-state index is 13.9. The van der Waals surface area contributed by atoms with Gasteiger partial charge in [-0.05, 0) is 62.1 Å². The number of carboxylic acid groups (broad SMARTS) is 1. The molecule has 214 valence electrons. The van der Waals surface area contributed by atoms with E-state index in [2.05, 4.69) is 4.98 Å². The van der Waals surface area contributed by atoms with Gasteiger partial charge in [0, 0.05) is 60.8 Å². The SMILES string of the molecule is O=C(O)C[C@@H](CC1CCCOC1)C(=O)N(c1nc(-c2ccccc2-c2ccc(N3CCCC3=O)nc2)cs1)C1CC1. The van der Waals surface area contributed by atoms with Crippen molar-refractivity contribution < 1.29 is 24.2 Å². The van der Waals surface area contributed by atoms with Crippen LogP contribution in [-0.2, 0) is 19.1 Å². The highest BCUT2D eigenvalue weighted by molar-refractivity contribution is 7.14. The molecule has 3 aromatic rings. The van der Waals surface area contributed by atoms with Crippen LogP contribution in [0.1, 0.15) is 51.4 Å². The third-order valence-electron chi connectivity index (χ3n) is 8.10. The summed E-state index contributed by atoms with van der Waals surface area (Å²) < 4.78 is 5.61. The largest absolute Gasteiger partial charge is 0.481 e. The molecule has 2 saturated heterocycles. The first-order valence-electron chi connectivity index (χ1n) is 14.4. The van der Waals surface area contributed by atoms with E-state index in [4.69, 9.17) is 9.72 Å². The van der Waals surface area contributed by atoms with Crippen molar-refractivity contribution in [2.45, 2.75) is 57.4 Å². The molecule has 3 aliphatic rings. The Morgan fingerprint density at radius 2 is 1.95 bits per heavy atom. The van der Waals surface area contributed by atoms with E-state index in [-0.39, 0.29) is 30.2 Å². The number of benzene rings is 1. The number of aliphatic carboxylic acids is 1. The lowest BCUT2D eigenvalue weighted by Gasteiger charge is -2.29. The van der Waals surface area contributed by atoms with Crippen molar-refractivity contribution in [3.05, 3.63) is 48.0 Å². The predicted molar refractivity (Wildman–Crippen MR) is 157 cm³/mol. The molecule has 41 heavy (non-hydrogen) atoms. The number of carbonyl (C=O) groups is 3. The second-order valence-corrected chi connectivity index (χ2v) is 12.0. The van der Waals surface area contributed by atoms with Gasteiger partial charge in [-0.2, -0.15) is 0 Å². The molecule has 1 aromatic carbocycles. The lowest BCUT2D eigenvalue weighted by Crippen LogP contribution is -2.40. The molecule has 2 aromatic heterocycles. The summed E-state index contributed by atoms with van der Waals surface area (Å²) in [6.07, 6.45) is 7.20. The summed E-state index contributed by atoms with van der Waals surface area (Å²) in [7, 11) is 0. The van der Waals surface area contributed by atoms with E-state index in [0.29, 0.717) is 36.9 Å². The fourth-order valence-electron chi connectivity index (χ4n) is 5.89. The van der Waals surface area contributed by atoms with Crippen molar-refractivity contribution in [3.8, 4) is 22.4 Å². The van der Waals surface area contributed by atoms with Crippen LogP contribution in [0.3, 0.4) is 0 Å². The molecule has 2 amide bonds. The van der Waals surface area contributed by atoms with Gasteiger partial charge in [-0.3, -0.25) is 24.2 Å². The van der Waals surface area contributed by atoms with Crippen molar-refractivity contribution in [2.75, 3.05) is 29.6 Å². The van der Waals surface area contributed by atoms with Crippen LogP contribution in [-0.4, -0.2) is 58.7 Å². The maximum Gasteiger partial charge on any atom is 0.304 e. The number of carbonyl (C=O) groups excluding carboxylic acids is 2. The molecular formula is C31H34N4O5S. The number of pyridine rings is 1. The number of amides is 2. The minimum atomic E-state index is -0.960. The quantitative estimate of drug-likeness (QED) is 0.345. The first kappa shape index (κ1) is 27.5. The minimum Gasteiger partial charge on any atom is -0.481 e. The number of nitrogens with zero attached hydrogens (tertiary/aromatic N) is 4. The number of anilines is 2. The molecule has 9 nitrogen and oxygen atoms in total. The van der Waals surface area contributed by atoms with E-state index in [1.165, 1.54) is 11.3 Å². The van der Waals surface area contributed by atoms with Crippen LogP contribution >= 0.6 is 11.3 Å². The number of carboxylic acids is 1. The Bertz CT molecular complexity index is 1410. The van der Waals surface area contributed by atoms with Crippen LogP contribution in [0, 0.1) is 11.8 Å². The number of hydrogen-bond acceptors (Lipinski definition) is 7. The number of thiazole rings is 1. The monoisotopic (exact) mass is 574 g/mol. The molecule has 1 N–H and O–H groups in total. The molecule has 0 radical (unpaired) electrons. The zero-order chi connectivity index (χ0) is 28.3. The van der Waals surface area contributed by atoms with E-state index < -0.39 is 11.9 Å². The summed E-state index contributed by atoms with van der Waals surface area (Å²) in [6.45, 7) is 2.00. The van der Waals surface area contributed by atoms with Crippen LogP contribution in [0.15, 0.2) is 48.0 Å². The first-order chi connectivity index (χ1) is 20.0. The van der Waals surface area contributed by atoms with Crippen LogP contribution < -0.4 is 9.80 Å². The molecule has 4 heterocycles. The van der Waals surface area contributed by atoms with Gasteiger partial charge >= 0.3 is 5.97 Å². The Balaban J connectivity index is 1.25. The lowest BCUT2D eigenvalue weighted by atomic mass is 9.87. The summed E-state index contributed by atoms with van der Waals surface area (Å²) in [5.74, 6) is -0.747. The molecule has 0 bridgehead atoms. The molecule has 6 rings (SSSR count). The molecule has 10 heteroatoms. The van der Waals surface area contributed by atoms with Crippen LogP contribution in [0.2, 0.25) is 0 Å². The topological polar surface area (TPSA) is 113 Å². The second kappa shape index (κ2) is 12.1. The highest BCUT2D eigenvalue weighted by atomic mass is 32.1. The molecular weight excluding hydrogens is 540 g/mol. The third-order valence-corrected chi connectivity index (χ3v) is 8.94. The summed E-state index contributed by atoms with van der Waals surface area (Å²) >= 11 is 1.42. The van der Waals surface area contributed by atoms with E-state index in [9.17, 15) is 19.5 Å². The predicted octanol–water partition coefficient (Wildman–Crippen LogP) is 5.40. The van der Waals surface area contributed by atoms with Crippen LogP contribution in [0.4, 0.5) is 10.9 Å². The van der Waals surface area contributed by atoms with Gasteiger partial charge in [-0.25, -0.2) is 9.97 Å². The van der Waals surface area contributed by atoms with Gasteiger partial charge in [0.25, 0.3) is 0 Å². The van der Waals surface area contributed by atoms with Gasteiger partial charge < -0.3 is 9.84 Å². The Labute approximate surface area is 243 Å². The second-order valence-electron chi connectivity index (χ2n) is 11.2. The molecule has 2 aliphatic heterocycles. The number of ether oxygens (including phenoxy) is 1. The number of rotatable bonds is 10. The van der Waals surface area contributed by atoms with E-state index in [1.54, 1.807) is 16.0 Å². The highest BCUT2D eigenvalue weighted by Gasteiger charge is 2.40. The fourth-order valence-corrected chi connectivity index (χ4v) is 6.79. The Kier molecular flexibility index (Phi) is 8.11. The average molecular weight is 575 g/mol. The summed E-state index contributed by atoms with van der Waals surface area (Å²) in [6, 6.07) is 11.9. The zero-order valence-electron chi connectivity index (χ0n) is 22.9. The van der Waals surface area contributed by atoms with Crippen molar-refractivity contribution in [3.63, 3.8) is 0 Å². The van der Waals surface area contributed by atoms with Gasteiger partial charge in [0.2, 0.25) is 11.8 Å². The van der Waals surface area contributed by atoms with Gasteiger partial charge in [-0.1, -0.05) is 24.3 Å². The summed E-state index contributed by atoms with van der Waals surface area (Å²) in [5, 5.41) is 12.2. The lowest BCUT2D eigenvalue weighted by molar-refractivity contribution is -0.141. The van der Waals surface area contributed by atoms with Crippen molar-refractivity contribution in [2.24, 2.45) is 11.8 Å². The molecule has 0 spiro atoms. The standard InChI is InChI=1S/C31H34N4O5S/c36-28-8-3-13-34(28)27-12-9-21(17-32-27)24-6-1-2-7-25(24)26-19-41-31(33-26)35(23-10-11-23)30(39)22(16-29(37)38)15-20-5-4-14-40-18-20/h1-2,6-7,9,12,17,19-20,22-23H,3-5,8,10-11,13-16,18H2,(H,37,38)/t20?,22-/m1/s1. The van der Waals surface area contributed by atoms with Crippen molar-refractivity contribution in [1.29, 1.82) is 0 Å². The normalized spacial score (nSPS) is 19.8. The Morgan fingerprint density at radius 3 is 2.61 bits per heavy atom. The number of hydrogen-bond donors (Lipinski definition) is 1. The van der Waals surface area contributed by atoms with Crippen molar-refractivity contribution in [1.82, 2.24) is 9.97 Å². The Hall–Kier alpha value is -3.63. The first-order valence-corrected chi connectivity index (χ1v) is 15.3. The Morgan fingerprint density at radius 1 is 1.12 bits per heavy atom. The minimum absolute atomic E-state index is 0.0562. The number of aromatic nitrogens is 2. The third kappa shape index (κ3) is 6.18. The summed E-state index contributed by atoms with van der Waals surface area (Å²) in [4.78, 5) is 50.7. The molecule has 3 fully saturated rings. The smallest absolute Gasteiger partial charge is 0.304 e. The molecule has 1 saturated carbocycles. The van der Waals surface area contributed by atoms with E-state index in [0.717, 1.165) is 61.1 Å². The molecule has 1 unspecified atom stereocenters. The average Bonchev–Trinajstić information content (AvgIpc) is 3.53. The van der Waals surface area contributed by atoms with Gasteiger partial charge in [0.15, 0.2) is 5.13 Å². The zero-order valence-corrected chi connectivity index (χ0v) is 23.7. The van der Waals surface area contributed by atoms with E-state index >= 15 is 0 Å². The highest BCUT2D eigenvalue weighted by Crippen LogP contribution is 2.40. The fraction of sp³-hybridized carbons (Fsp3) is 0.452. The van der Waals surface area contributed by atoms with Gasteiger partial charge in [0.05, 0.1) is 12.1 Å². The van der Waals surface area contributed by atoms with E-state index in [1.807, 2.05) is 41.8 Å². The summed E-state index contributed by atoms with van der Waals surface area (Å²) in [5.41, 5.74) is 3.55. The maximum atomic E-state index is 13.9. The van der Waals surface area contributed by atoms with Crippen LogP contribution in [0.25, 0.3) is 22.4 Å². The molecule has 2 atom stereocenters. The van der Waals surface area contributed by atoms with Crippen LogP contribution in [0.5, 0.6) is 0 Å². The van der Waals surface area contributed by atoms with Crippen molar-refractivity contribution >= 4 is 40.1 Å². The molecule has 1 aliphatic carbocycles. The van der Waals surface area contributed by atoms with Gasteiger partial charge in [-0.15, -0.1) is 11.3 Å².